The van der Waals surface area contributed by atoms with E-state index in [4.69, 9.17) is 4.74 Å². The van der Waals surface area contributed by atoms with E-state index in [1.165, 1.54) is 6.20 Å². The van der Waals surface area contributed by atoms with Gasteiger partial charge in [0.25, 0.3) is 5.91 Å². The zero-order valence-corrected chi connectivity index (χ0v) is 11.6. The molecule has 0 atom stereocenters. The first-order valence-corrected chi connectivity index (χ1v) is 6.51. The average molecular weight is 264 g/mol. The number of hydrogen-bond acceptors (Lipinski definition) is 5. The minimum Gasteiger partial charge on any atom is -0.372 e. The van der Waals surface area contributed by atoms with Crippen LogP contribution >= 0.6 is 0 Å². The molecule has 0 unspecified atom stereocenters. The summed E-state index contributed by atoms with van der Waals surface area (Å²) in [6.07, 6.45) is 3.12. The first kappa shape index (κ1) is 13.7. The molecule has 6 nitrogen and oxygen atoms in total. The number of morpholine rings is 1. The van der Waals surface area contributed by atoms with Gasteiger partial charge in [-0.2, -0.15) is 0 Å². The molecule has 1 aliphatic heterocycles. The third-order valence-electron chi connectivity index (χ3n) is 2.92. The van der Waals surface area contributed by atoms with E-state index in [1.54, 1.807) is 11.1 Å². The van der Waals surface area contributed by atoms with Crippen LogP contribution in [-0.4, -0.2) is 52.6 Å². The van der Waals surface area contributed by atoms with Crippen molar-refractivity contribution in [3.8, 4) is 0 Å². The van der Waals surface area contributed by atoms with E-state index in [1.807, 2.05) is 20.8 Å². The number of anilines is 1. The molecule has 19 heavy (non-hydrogen) atoms. The molecule has 2 rings (SSSR count). The van der Waals surface area contributed by atoms with Crippen molar-refractivity contribution in [1.29, 1.82) is 0 Å². The summed E-state index contributed by atoms with van der Waals surface area (Å²) in [7, 11) is 0. The highest BCUT2D eigenvalue weighted by Crippen LogP contribution is 2.18. The molecule has 1 aromatic heterocycles. The van der Waals surface area contributed by atoms with Crippen molar-refractivity contribution in [2.24, 2.45) is 0 Å². The van der Waals surface area contributed by atoms with Crippen molar-refractivity contribution in [2.75, 3.05) is 31.6 Å². The van der Waals surface area contributed by atoms with Gasteiger partial charge in [-0.3, -0.25) is 9.78 Å². The second-order valence-corrected chi connectivity index (χ2v) is 5.15. The maximum absolute atomic E-state index is 12.4. The quantitative estimate of drug-likeness (QED) is 0.887. The molecule has 104 valence electrons. The monoisotopic (exact) mass is 264 g/mol. The molecule has 6 heteroatoms. The predicted octanol–water partition coefficient (Wildman–Crippen LogP) is 1.16. The molecule has 1 N–H and O–H groups in total. The van der Waals surface area contributed by atoms with Gasteiger partial charge in [0.2, 0.25) is 0 Å². The molecule has 0 aliphatic carbocycles. The van der Waals surface area contributed by atoms with Gasteiger partial charge < -0.3 is 15.0 Å². The van der Waals surface area contributed by atoms with Crippen LogP contribution in [0.1, 0.15) is 31.3 Å². The summed E-state index contributed by atoms with van der Waals surface area (Å²) in [5.41, 5.74) is 0.0665. The van der Waals surface area contributed by atoms with Gasteiger partial charge in [0.1, 0.15) is 11.5 Å². The first-order chi connectivity index (χ1) is 9.02. The molecular formula is C13H20N4O2. The number of amides is 1. The summed E-state index contributed by atoms with van der Waals surface area (Å²) in [5, 5.41) is 3.05. The van der Waals surface area contributed by atoms with Crippen LogP contribution in [0.5, 0.6) is 0 Å². The number of hydrogen-bond donors (Lipinski definition) is 1. The SMILES string of the molecule is CCNc1cncc(C(=O)N2CCOC(C)(C)C2)n1. The van der Waals surface area contributed by atoms with Gasteiger partial charge in [-0.15, -0.1) is 0 Å². The molecule has 0 saturated carbocycles. The fraction of sp³-hybridized carbons (Fsp3) is 0.615. The second-order valence-electron chi connectivity index (χ2n) is 5.15. The van der Waals surface area contributed by atoms with Crippen molar-refractivity contribution < 1.29 is 9.53 Å². The van der Waals surface area contributed by atoms with Gasteiger partial charge in [0.15, 0.2) is 0 Å². The number of nitrogens with zero attached hydrogens (tertiary/aromatic N) is 3. The van der Waals surface area contributed by atoms with E-state index >= 15 is 0 Å². The van der Waals surface area contributed by atoms with E-state index in [-0.39, 0.29) is 11.5 Å². The second kappa shape index (κ2) is 5.52. The van der Waals surface area contributed by atoms with Crippen LogP contribution in [0.15, 0.2) is 12.4 Å². The Morgan fingerprint density at radius 3 is 3.00 bits per heavy atom. The Morgan fingerprint density at radius 2 is 2.32 bits per heavy atom. The van der Waals surface area contributed by atoms with Crippen molar-refractivity contribution in [2.45, 2.75) is 26.4 Å². The number of nitrogens with one attached hydrogen (secondary N) is 1. The van der Waals surface area contributed by atoms with Gasteiger partial charge in [-0.1, -0.05) is 0 Å². The number of carbonyl (C=O) groups excluding carboxylic acids is 1. The summed E-state index contributed by atoms with van der Waals surface area (Å²) in [6.45, 7) is 8.39. The van der Waals surface area contributed by atoms with E-state index in [0.29, 0.717) is 31.2 Å². The Morgan fingerprint density at radius 1 is 1.53 bits per heavy atom. The number of carbonyl (C=O) groups is 1. The third kappa shape index (κ3) is 3.41. The molecule has 0 aromatic carbocycles. The molecule has 1 fully saturated rings. The summed E-state index contributed by atoms with van der Waals surface area (Å²) < 4.78 is 5.60. The Hall–Kier alpha value is -1.69. The maximum atomic E-state index is 12.4. The fourth-order valence-corrected chi connectivity index (χ4v) is 2.09. The number of aromatic nitrogens is 2. The van der Waals surface area contributed by atoms with Crippen LogP contribution in [0.25, 0.3) is 0 Å². The average Bonchev–Trinajstić information content (AvgIpc) is 2.37. The Kier molecular flexibility index (Phi) is 3.99. The highest BCUT2D eigenvalue weighted by atomic mass is 16.5. The lowest BCUT2D eigenvalue weighted by Gasteiger charge is -2.37. The largest absolute Gasteiger partial charge is 0.372 e. The van der Waals surface area contributed by atoms with E-state index < -0.39 is 0 Å². The van der Waals surface area contributed by atoms with Crippen LogP contribution < -0.4 is 5.32 Å². The van der Waals surface area contributed by atoms with Crippen LogP contribution in [0.3, 0.4) is 0 Å². The van der Waals surface area contributed by atoms with E-state index in [2.05, 4.69) is 15.3 Å². The zero-order chi connectivity index (χ0) is 13.9. The summed E-state index contributed by atoms with van der Waals surface area (Å²) in [4.78, 5) is 22.5. The molecule has 1 aliphatic rings. The van der Waals surface area contributed by atoms with Crippen molar-refractivity contribution in [1.82, 2.24) is 14.9 Å². The lowest BCUT2D eigenvalue weighted by atomic mass is 10.1. The lowest BCUT2D eigenvalue weighted by molar-refractivity contribution is -0.0765. The maximum Gasteiger partial charge on any atom is 0.274 e. The van der Waals surface area contributed by atoms with Crippen LogP contribution in [-0.2, 0) is 4.74 Å². The molecular weight excluding hydrogens is 244 g/mol. The molecule has 1 amide bonds. The summed E-state index contributed by atoms with van der Waals surface area (Å²) in [5.74, 6) is 0.532. The molecule has 0 spiro atoms. The van der Waals surface area contributed by atoms with Crippen LogP contribution in [0, 0.1) is 0 Å². The zero-order valence-electron chi connectivity index (χ0n) is 11.6. The minimum absolute atomic E-state index is 0.0939. The molecule has 1 saturated heterocycles. The topological polar surface area (TPSA) is 67.4 Å². The molecule has 1 aromatic rings. The minimum atomic E-state index is -0.305. The van der Waals surface area contributed by atoms with Gasteiger partial charge in [-0.05, 0) is 20.8 Å². The normalized spacial score (nSPS) is 18.2. The van der Waals surface area contributed by atoms with E-state index in [0.717, 1.165) is 6.54 Å². The van der Waals surface area contributed by atoms with Gasteiger partial charge in [-0.25, -0.2) is 4.98 Å². The highest BCUT2D eigenvalue weighted by Gasteiger charge is 2.31. The lowest BCUT2D eigenvalue weighted by Crippen LogP contribution is -2.50. The Labute approximate surface area is 113 Å². The Bertz CT molecular complexity index is 462. The van der Waals surface area contributed by atoms with E-state index in [9.17, 15) is 4.79 Å². The molecule has 0 bridgehead atoms. The van der Waals surface area contributed by atoms with Crippen molar-refractivity contribution in [3.63, 3.8) is 0 Å². The van der Waals surface area contributed by atoms with Crippen molar-refractivity contribution in [3.05, 3.63) is 18.1 Å². The molecule has 0 radical (unpaired) electrons. The van der Waals surface area contributed by atoms with Gasteiger partial charge >= 0.3 is 0 Å². The highest BCUT2D eigenvalue weighted by molar-refractivity contribution is 5.92. The van der Waals surface area contributed by atoms with Gasteiger partial charge in [0.05, 0.1) is 24.6 Å². The standard InChI is InChI=1S/C13H20N4O2/c1-4-15-11-8-14-7-10(16-11)12(18)17-5-6-19-13(2,3)9-17/h7-8H,4-6,9H2,1-3H3,(H,15,16). The summed E-state index contributed by atoms with van der Waals surface area (Å²) in [6, 6.07) is 0. The third-order valence-corrected chi connectivity index (χ3v) is 2.92. The smallest absolute Gasteiger partial charge is 0.274 e. The predicted molar refractivity (Wildman–Crippen MR) is 72.1 cm³/mol. The van der Waals surface area contributed by atoms with Gasteiger partial charge in [0, 0.05) is 19.6 Å². The van der Waals surface area contributed by atoms with Crippen molar-refractivity contribution >= 4 is 11.7 Å². The fourth-order valence-electron chi connectivity index (χ4n) is 2.09. The van der Waals surface area contributed by atoms with Crippen LogP contribution in [0.2, 0.25) is 0 Å². The summed E-state index contributed by atoms with van der Waals surface area (Å²) >= 11 is 0. The number of ether oxygens (including phenoxy) is 1. The van der Waals surface area contributed by atoms with Crippen LogP contribution in [0.4, 0.5) is 5.82 Å². The Balaban J connectivity index is 2.12. The number of rotatable bonds is 3. The first-order valence-electron chi connectivity index (χ1n) is 6.51. The molecule has 2 heterocycles.